The summed E-state index contributed by atoms with van der Waals surface area (Å²) in [5.41, 5.74) is 1.13. The third-order valence-electron chi connectivity index (χ3n) is 1.92. The van der Waals surface area contributed by atoms with Crippen LogP contribution in [0.5, 0.6) is 0 Å². The van der Waals surface area contributed by atoms with Gasteiger partial charge in [0.1, 0.15) is 6.10 Å². The summed E-state index contributed by atoms with van der Waals surface area (Å²) in [5, 5.41) is 9.62. The van der Waals surface area contributed by atoms with Crippen LogP contribution < -0.4 is 0 Å². The van der Waals surface area contributed by atoms with E-state index in [4.69, 9.17) is 0 Å². The molecular weight excluding hydrogens is 204 g/mol. The highest BCUT2D eigenvalue weighted by Gasteiger charge is 1.99. The van der Waals surface area contributed by atoms with Crippen molar-refractivity contribution in [2.24, 2.45) is 0 Å². The van der Waals surface area contributed by atoms with Gasteiger partial charge in [-0.05, 0) is 11.3 Å². The summed E-state index contributed by atoms with van der Waals surface area (Å²) in [4.78, 5) is 0. The monoisotopic (exact) mass is 220 g/mol. The number of hydrogen-bond acceptors (Lipinski definition) is 2. The standard InChI is InChI=1S/C13H16OS/c1-2-15-10-6-9-13(14)11-12-7-4-3-5-8-12/h3-5,7-8,13-14H,2,10-11H2,1H3. The molecule has 0 aliphatic heterocycles. The molecule has 2 heteroatoms. The summed E-state index contributed by atoms with van der Waals surface area (Å²) in [6.45, 7) is 2.10. The van der Waals surface area contributed by atoms with Crippen LogP contribution in [0, 0.1) is 11.8 Å². The molecule has 0 bridgehead atoms. The van der Waals surface area contributed by atoms with E-state index in [1.165, 1.54) is 0 Å². The molecule has 1 aromatic rings. The van der Waals surface area contributed by atoms with Gasteiger partial charge in [-0.2, -0.15) is 0 Å². The highest BCUT2D eigenvalue weighted by molar-refractivity contribution is 7.99. The largest absolute Gasteiger partial charge is 0.380 e. The number of rotatable bonds is 4. The fourth-order valence-corrected chi connectivity index (χ4v) is 1.59. The van der Waals surface area contributed by atoms with Crippen molar-refractivity contribution >= 4 is 11.8 Å². The van der Waals surface area contributed by atoms with Gasteiger partial charge in [-0.15, -0.1) is 11.8 Å². The summed E-state index contributed by atoms with van der Waals surface area (Å²) >= 11 is 1.77. The minimum Gasteiger partial charge on any atom is -0.380 e. The first-order chi connectivity index (χ1) is 7.33. The second kappa shape index (κ2) is 7.39. The topological polar surface area (TPSA) is 20.2 Å². The molecule has 0 saturated heterocycles. The second-order valence-electron chi connectivity index (χ2n) is 3.16. The first-order valence-corrected chi connectivity index (χ1v) is 6.26. The third-order valence-corrected chi connectivity index (χ3v) is 2.68. The maximum atomic E-state index is 9.62. The van der Waals surface area contributed by atoms with E-state index in [-0.39, 0.29) is 0 Å². The van der Waals surface area contributed by atoms with Gasteiger partial charge in [0.15, 0.2) is 0 Å². The van der Waals surface area contributed by atoms with Crippen LogP contribution in [0.2, 0.25) is 0 Å². The Morgan fingerprint density at radius 3 is 2.73 bits per heavy atom. The van der Waals surface area contributed by atoms with Gasteiger partial charge < -0.3 is 5.11 Å². The smallest absolute Gasteiger partial charge is 0.118 e. The SMILES string of the molecule is CCSCC#CC(O)Cc1ccccc1. The first-order valence-electron chi connectivity index (χ1n) is 5.11. The van der Waals surface area contributed by atoms with E-state index in [0.717, 1.165) is 17.1 Å². The zero-order valence-electron chi connectivity index (χ0n) is 8.94. The fraction of sp³-hybridized carbons (Fsp3) is 0.385. The molecule has 1 nitrogen and oxygen atoms in total. The van der Waals surface area contributed by atoms with Gasteiger partial charge in [0.2, 0.25) is 0 Å². The minimum absolute atomic E-state index is 0.537. The molecule has 1 rings (SSSR count). The molecule has 1 N–H and O–H groups in total. The lowest BCUT2D eigenvalue weighted by atomic mass is 10.1. The molecule has 0 heterocycles. The van der Waals surface area contributed by atoms with Crippen LogP contribution in [-0.2, 0) is 6.42 Å². The van der Waals surface area contributed by atoms with Gasteiger partial charge in [-0.3, -0.25) is 0 Å². The van der Waals surface area contributed by atoms with Gasteiger partial charge in [-0.1, -0.05) is 49.1 Å². The molecule has 15 heavy (non-hydrogen) atoms. The number of benzene rings is 1. The Morgan fingerprint density at radius 1 is 1.33 bits per heavy atom. The molecule has 0 amide bonds. The van der Waals surface area contributed by atoms with Crippen molar-refractivity contribution in [2.75, 3.05) is 11.5 Å². The second-order valence-corrected chi connectivity index (χ2v) is 4.44. The normalized spacial score (nSPS) is 11.6. The number of hydrogen-bond donors (Lipinski definition) is 1. The van der Waals surface area contributed by atoms with Gasteiger partial charge in [-0.25, -0.2) is 0 Å². The molecule has 0 radical (unpaired) electrons. The van der Waals surface area contributed by atoms with Crippen molar-refractivity contribution in [3.05, 3.63) is 35.9 Å². The molecule has 1 unspecified atom stereocenters. The van der Waals surface area contributed by atoms with Crippen molar-refractivity contribution in [1.29, 1.82) is 0 Å². The van der Waals surface area contributed by atoms with Crippen molar-refractivity contribution in [2.45, 2.75) is 19.4 Å². The maximum Gasteiger partial charge on any atom is 0.118 e. The third kappa shape index (κ3) is 5.51. The highest BCUT2D eigenvalue weighted by Crippen LogP contribution is 2.02. The summed E-state index contributed by atoms with van der Waals surface area (Å²) in [5.74, 6) is 7.70. The average Bonchev–Trinajstić information content (AvgIpc) is 2.26. The van der Waals surface area contributed by atoms with Crippen LogP contribution in [0.25, 0.3) is 0 Å². The van der Waals surface area contributed by atoms with E-state index in [0.29, 0.717) is 6.42 Å². The van der Waals surface area contributed by atoms with E-state index in [2.05, 4.69) is 18.8 Å². The van der Waals surface area contributed by atoms with E-state index < -0.39 is 6.10 Å². The molecule has 0 fully saturated rings. The van der Waals surface area contributed by atoms with Crippen LogP contribution in [0.1, 0.15) is 12.5 Å². The lowest BCUT2D eigenvalue weighted by molar-refractivity contribution is 0.233. The molecule has 0 aliphatic rings. The van der Waals surface area contributed by atoms with Gasteiger partial charge in [0, 0.05) is 6.42 Å². The van der Waals surface area contributed by atoms with Gasteiger partial charge >= 0.3 is 0 Å². The molecule has 80 valence electrons. The van der Waals surface area contributed by atoms with Crippen LogP contribution >= 0.6 is 11.8 Å². The fourth-order valence-electron chi connectivity index (χ4n) is 1.20. The Labute approximate surface area is 95.9 Å². The van der Waals surface area contributed by atoms with Crippen molar-refractivity contribution in [3.63, 3.8) is 0 Å². The molecular formula is C13H16OS. The number of aliphatic hydroxyl groups excluding tert-OH is 1. The minimum atomic E-state index is -0.537. The van der Waals surface area contributed by atoms with E-state index >= 15 is 0 Å². The number of thioether (sulfide) groups is 1. The van der Waals surface area contributed by atoms with E-state index in [1.807, 2.05) is 30.3 Å². The Morgan fingerprint density at radius 2 is 2.07 bits per heavy atom. The molecule has 0 spiro atoms. The van der Waals surface area contributed by atoms with Gasteiger partial charge in [0.25, 0.3) is 0 Å². The Kier molecular flexibility index (Phi) is 5.99. The van der Waals surface area contributed by atoms with Crippen LogP contribution in [0.15, 0.2) is 30.3 Å². The predicted octanol–water partition coefficient (Wildman–Crippen LogP) is 2.35. The zero-order valence-corrected chi connectivity index (χ0v) is 9.76. The molecule has 0 saturated carbocycles. The predicted molar refractivity (Wildman–Crippen MR) is 66.9 cm³/mol. The average molecular weight is 220 g/mol. The van der Waals surface area contributed by atoms with Crippen LogP contribution in [0.3, 0.4) is 0 Å². The lowest BCUT2D eigenvalue weighted by Gasteiger charge is -2.02. The number of aliphatic hydroxyl groups is 1. The summed E-state index contributed by atoms with van der Waals surface area (Å²) < 4.78 is 0. The van der Waals surface area contributed by atoms with Crippen LogP contribution in [0.4, 0.5) is 0 Å². The molecule has 0 aliphatic carbocycles. The Hall–Kier alpha value is -0.910. The van der Waals surface area contributed by atoms with E-state index in [9.17, 15) is 5.11 Å². The quantitative estimate of drug-likeness (QED) is 0.621. The summed E-state index contributed by atoms with van der Waals surface area (Å²) in [6.07, 6.45) is 0.0785. The summed E-state index contributed by atoms with van der Waals surface area (Å²) in [6, 6.07) is 9.93. The van der Waals surface area contributed by atoms with Crippen molar-refractivity contribution in [3.8, 4) is 11.8 Å². The van der Waals surface area contributed by atoms with Gasteiger partial charge in [0.05, 0.1) is 5.75 Å². The van der Waals surface area contributed by atoms with Crippen molar-refractivity contribution in [1.82, 2.24) is 0 Å². The summed E-state index contributed by atoms with van der Waals surface area (Å²) in [7, 11) is 0. The molecule has 1 atom stereocenters. The first kappa shape index (κ1) is 12.2. The Bertz CT molecular complexity index is 323. The maximum absolute atomic E-state index is 9.62. The zero-order chi connectivity index (χ0) is 10.9. The lowest BCUT2D eigenvalue weighted by Crippen LogP contribution is -2.07. The molecule has 0 aromatic heterocycles. The van der Waals surface area contributed by atoms with Crippen molar-refractivity contribution < 1.29 is 5.11 Å². The van der Waals surface area contributed by atoms with Crippen LogP contribution in [-0.4, -0.2) is 22.7 Å². The molecule has 1 aromatic carbocycles. The Balaban J connectivity index is 2.35. The van der Waals surface area contributed by atoms with E-state index in [1.54, 1.807) is 11.8 Å². The highest BCUT2D eigenvalue weighted by atomic mass is 32.2.